The quantitative estimate of drug-likeness (QED) is 0.673. The van der Waals surface area contributed by atoms with Gasteiger partial charge in [0.05, 0.1) is 0 Å². The zero-order chi connectivity index (χ0) is 10.7. The molecule has 0 aromatic rings. The highest BCUT2D eigenvalue weighted by Gasteiger charge is 2.26. The van der Waals surface area contributed by atoms with E-state index in [1.165, 1.54) is 58.8 Å². The standard InChI is InChI=1S/C12H25N3/c1-3-4-14-5-7-15(8-6-14)11-12-9-13(2)10-12/h12H,3-11H2,1-2H3. The van der Waals surface area contributed by atoms with E-state index in [1.807, 2.05) is 0 Å². The molecule has 0 radical (unpaired) electrons. The minimum absolute atomic E-state index is 0.952. The number of piperazine rings is 1. The molecule has 2 rings (SSSR count). The first-order valence-corrected chi connectivity index (χ1v) is 6.41. The highest BCUT2D eigenvalue weighted by atomic mass is 15.3. The fraction of sp³-hybridized carbons (Fsp3) is 1.00. The van der Waals surface area contributed by atoms with Crippen LogP contribution in [0.15, 0.2) is 0 Å². The summed E-state index contributed by atoms with van der Waals surface area (Å²) in [4.78, 5) is 7.67. The van der Waals surface area contributed by atoms with Crippen LogP contribution in [-0.4, -0.2) is 74.1 Å². The molecule has 0 unspecified atom stereocenters. The molecule has 0 spiro atoms. The average molecular weight is 211 g/mol. The lowest BCUT2D eigenvalue weighted by atomic mass is 10.0. The van der Waals surface area contributed by atoms with Crippen molar-refractivity contribution in [1.82, 2.24) is 14.7 Å². The zero-order valence-electron chi connectivity index (χ0n) is 10.3. The molecule has 0 bridgehead atoms. The normalized spacial score (nSPS) is 26.8. The summed E-state index contributed by atoms with van der Waals surface area (Å²) in [5.74, 6) is 0.952. The fourth-order valence-corrected chi connectivity index (χ4v) is 2.82. The van der Waals surface area contributed by atoms with Gasteiger partial charge in [-0.1, -0.05) is 6.92 Å². The number of likely N-dealkylation sites (tertiary alicyclic amines) is 1. The van der Waals surface area contributed by atoms with Crippen LogP contribution >= 0.6 is 0 Å². The predicted molar refractivity (Wildman–Crippen MR) is 64.2 cm³/mol. The third-order valence-electron chi connectivity index (χ3n) is 3.66. The highest BCUT2D eigenvalue weighted by Crippen LogP contribution is 2.15. The second-order valence-electron chi connectivity index (χ2n) is 5.23. The predicted octanol–water partition coefficient (Wildman–Crippen LogP) is 0.576. The van der Waals surface area contributed by atoms with Crippen molar-refractivity contribution >= 4 is 0 Å². The van der Waals surface area contributed by atoms with Crippen LogP contribution in [0.2, 0.25) is 0 Å². The van der Waals surface area contributed by atoms with Gasteiger partial charge in [-0.05, 0) is 25.9 Å². The molecule has 0 N–H and O–H groups in total. The van der Waals surface area contributed by atoms with Crippen molar-refractivity contribution in [2.45, 2.75) is 13.3 Å². The van der Waals surface area contributed by atoms with Crippen molar-refractivity contribution < 1.29 is 0 Å². The molecule has 2 aliphatic heterocycles. The van der Waals surface area contributed by atoms with Crippen LogP contribution < -0.4 is 0 Å². The van der Waals surface area contributed by atoms with Crippen molar-refractivity contribution in [1.29, 1.82) is 0 Å². The van der Waals surface area contributed by atoms with Gasteiger partial charge in [0.2, 0.25) is 0 Å². The maximum Gasteiger partial charge on any atom is 0.0110 e. The van der Waals surface area contributed by atoms with E-state index >= 15 is 0 Å². The molecule has 0 aromatic heterocycles. The Morgan fingerprint density at radius 2 is 1.60 bits per heavy atom. The van der Waals surface area contributed by atoms with E-state index in [0.717, 1.165) is 5.92 Å². The average Bonchev–Trinajstić information content (AvgIpc) is 2.19. The summed E-state index contributed by atoms with van der Waals surface area (Å²) in [5.41, 5.74) is 0. The van der Waals surface area contributed by atoms with E-state index in [1.54, 1.807) is 0 Å². The summed E-state index contributed by atoms with van der Waals surface area (Å²) in [7, 11) is 2.22. The molecular formula is C12H25N3. The maximum absolute atomic E-state index is 2.66. The molecule has 0 aromatic carbocycles. The van der Waals surface area contributed by atoms with Gasteiger partial charge in [-0.25, -0.2) is 0 Å². The first-order chi connectivity index (χ1) is 7.28. The number of hydrogen-bond acceptors (Lipinski definition) is 3. The Morgan fingerprint density at radius 3 is 2.13 bits per heavy atom. The van der Waals surface area contributed by atoms with Gasteiger partial charge < -0.3 is 14.7 Å². The Kier molecular flexibility index (Phi) is 4.00. The summed E-state index contributed by atoms with van der Waals surface area (Å²) in [6.45, 7) is 12.7. The van der Waals surface area contributed by atoms with Gasteiger partial charge in [0.25, 0.3) is 0 Å². The van der Waals surface area contributed by atoms with E-state index in [9.17, 15) is 0 Å². The monoisotopic (exact) mass is 211 g/mol. The van der Waals surface area contributed by atoms with Crippen molar-refractivity contribution in [2.75, 3.05) is 59.4 Å². The van der Waals surface area contributed by atoms with Crippen LogP contribution in [0.1, 0.15) is 13.3 Å². The largest absolute Gasteiger partial charge is 0.306 e. The first kappa shape index (κ1) is 11.4. The number of nitrogens with zero attached hydrogens (tertiary/aromatic N) is 3. The third kappa shape index (κ3) is 3.16. The SMILES string of the molecule is CCCN1CCN(CC2CN(C)C2)CC1. The van der Waals surface area contributed by atoms with Gasteiger partial charge >= 0.3 is 0 Å². The minimum atomic E-state index is 0.952. The summed E-state index contributed by atoms with van der Waals surface area (Å²) >= 11 is 0. The topological polar surface area (TPSA) is 9.72 Å². The third-order valence-corrected chi connectivity index (χ3v) is 3.66. The van der Waals surface area contributed by atoms with Gasteiger partial charge in [-0.2, -0.15) is 0 Å². The lowest BCUT2D eigenvalue weighted by Gasteiger charge is -2.42. The van der Waals surface area contributed by atoms with E-state index in [4.69, 9.17) is 0 Å². The smallest absolute Gasteiger partial charge is 0.0110 e. The van der Waals surface area contributed by atoms with Crippen LogP contribution in [0.3, 0.4) is 0 Å². The Balaban J connectivity index is 1.61. The van der Waals surface area contributed by atoms with Crippen molar-refractivity contribution in [2.24, 2.45) is 5.92 Å². The van der Waals surface area contributed by atoms with Crippen molar-refractivity contribution in [3.05, 3.63) is 0 Å². The van der Waals surface area contributed by atoms with E-state index in [0.29, 0.717) is 0 Å². The molecule has 0 amide bonds. The van der Waals surface area contributed by atoms with Crippen LogP contribution in [0.25, 0.3) is 0 Å². The van der Waals surface area contributed by atoms with Crippen molar-refractivity contribution in [3.63, 3.8) is 0 Å². The number of hydrogen-bond donors (Lipinski definition) is 0. The Labute approximate surface area is 94.0 Å². The minimum Gasteiger partial charge on any atom is -0.306 e. The Bertz CT molecular complexity index is 181. The second-order valence-corrected chi connectivity index (χ2v) is 5.23. The molecule has 3 nitrogen and oxygen atoms in total. The molecule has 15 heavy (non-hydrogen) atoms. The van der Waals surface area contributed by atoms with Gasteiger partial charge in [-0.15, -0.1) is 0 Å². The molecule has 0 saturated carbocycles. The van der Waals surface area contributed by atoms with Crippen molar-refractivity contribution in [3.8, 4) is 0 Å². The van der Waals surface area contributed by atoms with Crippen LogP contribution in [0.4, 0.5) is 0 Å². The fourth-order valence-electron chi connectivity index (χ4n) is 2.82. The first-order valence-electron chi connectivity index (χ1n) is 6.41. The van der Waals surface area contributed by atoms with E-state index < -0.39 is 0 Å². The second kappa shape index (κ2) is 5.28. The van der Waals surface area contributed by atoms with Gasteiger partial charge in [0, 0.05) is 45.8 Å². The summed E-state index contributed by atoms with van der Waals surface area (Å²) < 4.78 is 0. The maximum atomic E-state index is 2.66. The highest BCUT2D eigenvalue weighted by molar-refractivity contribution is 4.82. The molecule has 0 atom stereocenters. The number of rotatable bonds is 4. The lowest BCUT2D eigenvalue weighted by molar-refractivity contribution is 0.0620. The van der Waals surface area contributed by atoms with Crippen LogP contribution in [-0.2, 0) is 0 Å². The molecule has 2 saturated heterocycles. The molecule has 0 aliphatic carbocycles. The molecule has 2 fully saturated rings. The molecule has 88 valence electrons. The van der Waals surface area contributed by atoms with E-state index in [-0.39, 0.29) is 0 Å². The Morgan fingerprint density at radius 1 is 1.00 bits per heavy atom. The van der Waals surface area contributed by atoms with Crippen LogP contribution in [0.5, 0.6) is 0 Å². The molecule has 2 aliphatic rings. The summed E-state index contributed by atoms with van der Waals surface area (Å²) in [6.07, 6.45) is 1.30. The molecular weight excluding hydrogens is 186 g/mol. The molecule has 3 heteroatoms. The van der Waals surface area contributed by atoms with Gasteiger partial charge in [-0.3, -0.25) is 0 Å². The van der Waals surface area contributed by atoms with Gasteiger partial charge in [0.1, 0.15) is 0 Å². The zero-order valence-corrected chi connectivity index (χ0v) is 10.3. The molecule has 2 heterocycles. The van der Waals surface area contributed by atoms with Crippen LogP contribution in [0, 0.1) is 5.92 Å². The van der Waals surface area contributed by atoms with Gasteiger partial charge in [0.15, 0.2) is 0 Å². The van der Waals surface area contributed by atoms with E-state index in [2.05, 4.69) is 28.7 Å². The Hall–Kier alpha value is -0.120. The summed E-state index contributed by atoms with van der Waals surface area (Å²) in [5, 5.41) is 0. The lowest BCUT2D eigenvalue weighted by Crippen LogP contribution is -2.53. The summed E-state index contributed by atoms with van der Waals surface area (Å²) in [6, 6.07) is 0.